The molecule has 1 aromatic rings. The number of rotatable bonds is 0. The molecule has 7 heteroatoms. The molecule has 1 nitrogen and oxygen atoms in total. The minimum Gasteiger partial charge on any atom is -0.254 e. The fraction of sp³-hybridized carbons (Fsp3) is 0.500. The highest BCUT2D eigenvalue weighted by Gasteiger charge is 2.75. The summed E-state index contributed by atoms with van der Waals surface area (Å²) in [6.45, 7) is 1.30. The molecule has 0 saturated heterocycles. The van der Waals surface area contributed by atoms with Gasteiger partial charge in [-0.3, -0.25) is 4.98 Å². The van der Waals surface area contributed by atoms with Crippen molar-refractivity contribution < 1.29 is 26.3 Å². The van der Waals surface area contributed by atoms with Crippen LogP contribution in [-0.4, -0.2) is 16.8 Å². The lowest BCUT2D eigenvalue weighted by Crippen LogP contribution is -2.57. The van der Waals surface area contributed by atoms with Crippen molar-refractivity contribution in [2.24, 2.45) is 0 Å². The predicted molar refractivity (Wildman–Crippen MR) is 46.5 cm³/mol. The van der Waals surface area contributed by atoms with Crippen LogP contribution >= 0.6 is 0 Å². The molecule has 0 N–H and O–H groups in total. The van der Waals surface area contributed by atoms with Crippen molar-refractivity contribution >= 4 is 0 Å². The van der Waals surface area contributed by atoms with Gasteiger partial charge in [-0.15, -0.1) is 0 Å². The molecule has 0 atom stereocenters. The van der Waals surface area contributed by atoms with Gasteiger partial charge in [-0.1, -0.05) is 0 Å². The molecule has 0 aliphatic heterocycles. The van der Waals surface area contributed by atoms with Crippen molar-refractivity contribution in [3.63, 3.8) is 0 Å². The van der Waals surface area contributed by atoms with Crippen LogP contribution < -0.4 is 0 Å². The third-order valence-corrected chi connectivity index (χ3v) is 2.84. The number of hydrogen-bond acceptors (Lipinski definition) is 1. The first-order valence-corrected chi connectivity index (χ1v) is 4.69. The van der Waals surface area contributed by atoms with Crippen molar-refractivity contribution in [1.29, 1.82) is 0 Å². The van der Waals surface area contributed by atoms with E-state index in [2.05, 4.69) is 4.98 Å². The number of alkyl halides is 6. The van der Waals surface area contributed by atoms with Crippen LogP contribution in [0.2, 0.25) is 0 Å². The van der Waals surface area contributed by atoms with E-state index in [0.717, 1.165) is 6.20 Å². The van der Waals surface area contributed by atoms with Crippen LogP contribution in [0.15, 0.2) is 12.3 Å². The number of hydrogen-bond donors (Lipinski definition) is 0. The number of pyridine rings is 1. The Morgan fingerprint density at radius 2 is 1.71 bits per heavy atom. The number of fused-ring (bicyclic) bond motifs is 1. The fourth-order valence-corrected chi connectivity index (χ4v) is 1.79. The number of halogens is 6. The van der Waals surface area contributed by atoms with Gasteiger partial charge >= 0.3 is 17.8 Å². The van der Waals surface area contributed by atoms with Crippen molar-refractivity contribution in [2.75, 3.05) is 0 Å². The molecule has 1 heterocycles. The van der Waals surface area contributed by atoms with Crippen molar-refractivity contribution in [2.45, 2.75) is 31.1 Å². The van der Waals surface area contributed by atoms with E-state index in [1.54, 1.807) is 0 Å². The van der Waals surface area contributed by atoms with Crippen molar-refractivity contribution in [3.05, 3.63) is 29.1 Å². The Balaban J connectivity index is 2.74. The molecule has 1 aliphatic carbocycles. The van der Waals surface area contributed by atoms with Crippen LogP contribution in [0.3, 0.4) is 0 Å². The molecule has 1 aliphatic rings. The lowest BCUT2D eigenvalue weighted by atomic mass is 9.84. The molecule has 0 radical (unpaired) electrons. The van der Waals surface area contributed by atoms with Crippen LogP contribution in [0, 0.1) is 6.92 Å². The van der Waals surface area contributed by atoms with E-state index in [0.29, 0.717) is 0 Å². The molecular weight excluding hydrogens is 248 g/mol. The molecule has 0 saturated carbocycles. The average molecular weight is 255 g/mol. The van der Waals surface area contributed by atoms with E-state index in [1.165, 1.54) is 13.0 Å². The SMILES string of the molecule is Cc1ccnc2c1CC(F)(F)C(F)(F)C2(F)F. The van der Waals surface area contributed by atoms with Crippen LogP contribution in [0.5, 0.6) is 0 Å². The summed E-state index contributed by atoms with van der Waals surface area (Å²) in [4.78, 5) is 3.13. The molecule has 0 aromatic carbocycles. The first kappa shape index (κ1) is 12.2. The van der Waals surface area contributed by atoms with E-state index in [4.69, 9.17) is 0 Å². The summed E-state index contributed by atoms with van der Waals surface area (Å²) in [5.41, 5.74) is -1.66. The van der Waals surface area contributed by atoms with Crippen molar-refractivity contribution in [1.82, 2.24) is 4.98 Å². The minimum atomic E-state index is -5.42. The monoisotopic (exact) mass is 255 g/mol. The summed E-state index contributed by atoms with van der Waals surface area (Å²) in [6, 6.07) is 1.23. The average Bonchev–Trinajstić information content (AvgIpc) is 2.18. The highest BCUT2D eigenvalue weighted by atomic mass is 19.3. The van der Waals surface area contributed by atoms with Gasteiger partial charge in [0.25, 0.3) is 0 Å². The van der Waals surface area contributed by atoms with Gasteiger partial charge < -0.3 is 0 Å². The third kappa shape index (κ3) is 1.37. The molecule has 1 aromatic heterocycles. The predicted octanol–water partition coefficient (Wildman–Crippen LogP) is 3.31. The Morgan fingerprint density at radius 1 is 1.12 bits per heavy atom. The largest absolute Gasteiger partial charge is 0.378 e. The Bertz CT molecular complexity index is 468. The maximum Gasteiger partial charge on any atom is 0.378 e. The zero-order valence-electron chi connectivity index (χ0n) is 8.58. The van der Waals surface area contributed by atoms with Crippen molar-refractivity contribution in [3.8, 4) is 0 Å². The van der Waals surface area contributed by atoms with Gasteiger partial charge in [0.05, 0.1) is 0 Å². The van der Waals surface area contributed by atoms with Crippen LogP contribution in [0.25, 0.3) is 0 Å². The van der Waals surface area contributed by atoms with Crippen LogP contribution in [-0.2, 0) is 12.3 Å². The summed E-state index contributed by atoms with van der Waals surface area (Å²) in [5.74, 6) is -15.2. The lowest BCUT2D eigenvalue weighted by Gasteiger charge is -2.38. The minimum absolute atomic E-state index is 0.102. The lowest BCUT2D eigenvalue weighted by molar-refractivity contribution is -0.323. The van der Waals surface area contributed by atoms with Gasteiger partial charge in [0, 0.05) is 12.6 Å². The second-order valence-electron chi connectivity index (χ2n) is 3.99. The molecule has 0 spiro atoms. The highest BCUT2D eigenvalue weighted by molar-refractivity contribution is 5.38. The molecule has 0 unspecified atom stereocenters. The summed E-state index contributed by atoms with van der Waals surface area (Å²) >= 11 is 0. The molecular formula is C10H7F6N. The first-order valence-electron chi connectivity index (χ1n) is 4.69. The Hall–Kier alpha value is -1.27. The second kappa shape index (κ2) is 3.14. The Morgan fingerprint density at radius 3 is 2.29 bits per heavy atom. The molecule has 17 heavy (non-hydrogen) atoms. The molecule has 0 amide bonds. The normalized spacial score (nSPS) is 24.2. The van der Waals surface area contributed by atoms with E-state index >= 15 is 0 Å². The summed E-state index contributed by atoms with van der Waals surface area (Å²) in [6.07, 6.45) is -0.522. The van der Waals surface area contributed by atoms with Gasteiger partial charge in [-0.05, 0) is 24.1 Å². The number of aryl methyl sites for hydroxylation is 1. The Labute approximate surface area is 92.5 Å². The quantitative estimate of drug-likeness (QED) is 0.648. The third-order valence-electron chi connectivity index (χ3n) is 2.84. The van der Waals surface area contributed by atoms with Gasteiger partial charge in [0.15, 0.2) is 0 Å². The van der Waals surface area contributed by atoms with E-state index in [-0.39, 0.29) is 5.56 Å². The maximum absolute atomic E-state index is 13.4. The summed E-state index contributed by atoms with van der Waals surface area (Å²) < 4.78 is 78.9. The van der Waals surface area contributed by atoms with Crippen LogP contribution in [0.1, 0.15) is 16.8 Å². The molecule has 2 rings (SSSR count). The first-order chi connectivity index (χ1) is 7.61. The zero-order valence-corrected chi connectivity index (χ0v) is 8.58. The highest BCUT2D eigenvalue weighted by Crippen LogP contribution is 2.56. The molecule has 0 bridgehead atoms. The fourth-order valence-electron chi connectivity index (χ4n) is 1.79. The molecule has 0 fully saturated rings. The van der Waals surface area contributed by atoms with Gasteiger partial charge in [0.1, 0.15) is 5.69 Å². The topological polar surface area (TPSA) is 12.9 Å². The maximum atomic E-state index is 13.4. The smallest absolute Gasteiger partial charge is 0.254 e. The van der Waals surface area contributed by atoms with Crippen LogP contribution in [0.4, 0.5) is 26.3 Å². The number of nitrogens with zero attached hydrogens (tertiary/aromatic N) is 1. The van der Waals surface area contributed by atoms with E-state index in [1.807, 2.05) is 0 Å². The van der Waals surface area contributed by atoms with Gasteiger partial charge in [-0.2, -0.15) is 26.3 Å². The molecule has 94 valence electrons. The second-order valence-corrected chi connectivity index (χ2v) is 3.99. The van der Waals surface area contributed by atoms with E-state index < -0.39 is 35.4 Å². The number of aromatic nitrogens is 1. The standard InChI is InChI=1S/C10H7F6N/c1-5-2-3-17-7-6(5)4-8(11,12)10(15,16)9(7,13)14/h2-3H,4H2,1H3. The van der Waals surface area contributed by atoms with E-state index in [9.17, 15) is 26.3 Å². The zero-order chi connectivity index (χ0) is 13.1. The summed E-state index contributed by atoms with van der Waals surface area (Å²) in [7, 11) is 0. The summed E-state index contributed by atoms with van der Waals surface area (Å²) in [5, 5.41) is 0. The van der Waals surface area contributed by atoms with Gasteiger partial charge in [-0.25, -0.2) is 0 Å². The Kier molecular flexibility index (Phi) is 2.25. The van der Waals surface area contributed by atoms with Gasteiger partial charge in [0.2, 0.25) is 0 Å².